The van der Waals surface area contributed by atoms with Crippen LogP contribution in [0.2, 0.25) is 0 Å². The van der Waals surface area contributed by atoms with Gasteiger partial charge in [0.2, 0.25) is 5.91 Å². The molecule has 120 valence electrons. The lowest BCUT2D eigenvalue weighted by molar-refractivity contribution is -0.535. The van der Waals surface area contributed by atoms with Crippen molar-refractivity contribution in [3.8, 4) is 0 Å². The van der Waals surface area contributed by atoms with E-state index >= 15 is 0 Å². The first-order valence-electron chi connectivity index (χ1n) is 5.64. The van der Waals surface area contributed by atoms with Gasteiger partial charge in [0.1, 0.15) is 6.10 Å². The van der Waals surface area contributed by atoms with Gasteiger partial charge in [0.05, 0.1) is 6.61 Å². The third kappa shape index (κ3) is 1.50. The zero-order valence-corrected chi connectivity index (χ0v) is 11.3. The summed E-state index contributed by atoms with van der Waals surface area (Å²) in [5.74, 6) is -13.8. The number of fused-ring (bicyclic) bond motifs is 1. The number of amides is 1. The maximum Gasteiger partial charge on any atom is 0.483 e. The molecule has 12 nitrogen and oxygen atoms in total. The van der Waals surface area contributed by atoms with Crippen LogP contribution in [0, 0.1) is 0 Å². The number of phosphoric ester groups is 1. The topological polar surface area (TPSA) is 184 Å². The van der Waals surface area contributed by atoms with Crippen molar-refractivity contribution in [2.45, 2.75) is 36.3 Å². The predicted octanol–water partition coefficient (Wildman–Crippen LogP) is -3.59. The monoisotopic (exact) mass is 329 g/mol. The van der Waals surface area contributed by atoms with Gasteiger partial charge in [0.25, 0.3) is 11.6 Å². The van der Waals surface area contributed by atoms with Crippen LogP contribution in [0.25, 0.3) is 0 Å². The molecule has 3 aliphatic rings. The Labute approximate surface area is 116 Å². The lowest BCUT2D eigenvalue weighted by Crippen LogP contribution is -2.86. The Morgan fingerprint density at radius 3 is 2.24 bits per heavy atom. The standard InChI is InChI=1S/C8H12NO11P/c1-3(11)9-8(15)7(14)6(13)5(12,4(2-10)17-8)18-21(16,19-6)20-7/h4,10,12-15H,2H2,1H3,(H,9,11)/t4-,5+,6+,7-,8?,21?/m1/s1. The molecule has 0 aromatic heterocycles. The van der Waals surface area contributed by atoms with Crippen molar-refractivity contribution >= 4 is 13.7 Å². The Hall–Kier alpha value is -0.660. The molecule has 3 saturated heterocycles. The minimum Gasteiger partial charge on any atom is -0.393 e. The van der Waals surface area contributed by atoms with Crippen LogP contribution in [0.5, 0.6) is 0 Å². The van der Waals surface area contributed by atoms with Crippen LogP contribution >= 0.6 is 7.82 Å². The molecule has 1 amide bonds. The summed E-state index contributed by atoms with van der Waals surface area (Å²) in [7, 11) is -4.68. The van der Waals surface area contributed by atoms with E-state index in [4.69, 9.17) is 4.74 Å². The van der Waals surface area contributed by atoms with Gasteiger partial charge < -0.3 is 35.6 Å². The lowest BCUT2D eigenvalue weighted by atomic mass is 9.86. The summed E-state index contributed by atoms with van der Waals surface area (Å²) >= 11 is 0. The smallest absolute Gasteiger partial charge is 0.393 e. The van der Waals surface area contributed by atoms with Gasteiger partial charge in [0.15, 0.2) is 0 Å². The second kappa shape index (κ2) is 3.81. The fraction of sp³-hybridized carbons (Fsp3) is 0.875. The van der Waals surface area contributed by atoms with E-state index in [0.717, 1.165) is 6.92 Å². The quantitative estimate of drug-likeness (QED) is 0.217. The summed E-state index contributed by atoms with van der Waals surface area (Å²) in [5.41, 5.74) is 0. The number of nitrogens with one attached hydrogen (secondary N) is 1. The minimum atomic E-state index is -4.68. The Bertz CT molecular complexity index is 570. The zero-order valence-electron chi connectivity index (χ0n) is 10.4. The summed E-state index contributed by atoms with van der Waals surface area (Å²) in [6, 6.07) is 0. The van der Waals surface area contributed by atoms with Crippen molar-refractivity contribution in [3.05, 3.63) is 0 Å². The van der Waals surface area contributed by atoms with Crippen LogP contribution in [-0.4, -0.2) is 67.4 Å². The molecule has 13 heteroatoms. The molecular formula is C8H12NO11P. The zero-order chi connectivity index (χ0) is 15.9. The number of aliphatic hydroxyl groups is 5. The molecule has 3 aliphatic heterocycles. The van der Waals surface area contributed by atoms with Crippen molar-refractivity contribution in [1.29, 1.82) is 0 Å². The van der Waals surface area contributed by atoms with Crippen LogP contribution in [0.4, 0.5) is 0 Å². The first kappa shape index (κ1) is 15.2. The molecule has 3 heterocycles. The largest absolute Gasteiger partial charge is 0.483 e. The van der Waals surface area contributed by atoms with E-state index in [-0.39, 0.29) is 0 Å². The van der Waals surface area contributed by atoms with E-state index in [2.05, 4.69) is 13.6 Å². The predicted molar refractivity (Wildman–Crippen MR) is 56.4 cm³/mol. The molecular weight excluding hydrogens is 317 g/mol. The molecule has 0 aliphatic carbocycles. The van der Waals surface area contributed by atoms with Gasteiger partial charge >= 0.3 is 19.5 Å². The summed E-state index contributed by atoms with van der Waals surface area (Å²) in [4.78, 5) is 11.1. The number of aliphatic hydroxyl groups excluding tert-OH is 1. The Morgan fingerprint density at radius 1 is 1.19 bits per heavy atom. The van der Waals surface area contributed by atoms with Crippen LogP contribution in [0.15, 0.2) is 0 Å². The van der Waals surface area contributed by atoms with E-state index < -0.39 is 49.7 Å². The molecule has 0 radical (unpaired) electrons. The van der Waals surface area contributed by atoms with Crippen molar-refractivity contribution in [3.63, 3.8) is 0 Å². The first-order chi connectivity index (χ1) is 9.45. The van der Waals surface area contributed by atoms with Gasteiger partial charge in [-0.15, -0.1) is 0 Å². The molecule has 2 unspecified atom stereocenters. The third-order valence-electron chi connectivity index (χ3n) is 3.40. The highest BCUT2D eigenvalue weighted by molar-refractivity contribution is 7.49. The molecule has 21 heavy (non-hydrogen) atoms. The highest BCUT2D eigenvalue weighted by Gasteiger charge is 2.93. The Morgan fingerprint density at radius 2 is 1.76 bits per heavy atom. The maximum absolute atomic E-state index is 12.0. The number of carbonyl (C=O) groups excluding carboxylic acids is 1. The van der Waals surface area contributed by atoms with Crippen LogP contribution in [0.3, 0.4) is 0 Å². The first-order valence-corrected chi connectivity index (χ1v) is 7.10. The second-order valence-corrected chi connectivity index (χ2v) is 6.26. The second-order valence-electron chi connectivity index (χ2n) is 4.82. The molecule has 2 bridgehead atoms. The van der Waals surface area contributed by atoms with Crippen LogP contribution in [0.1, 0.15) is 6.92 Å². The lowest BCUT2D eigenvalue weighted by Gasteiger charge is -2.55. The van der Waals surface area contributed by atoms with Crippen LogP contribution < -0.4 is 5.32 Å². The molecule has 0 aromatic carbocycles. The molecule has 0 saturated carbocycles. The average molecular weight is 329 g/mol. The van der Waals surface area contributed by atoms with Gasteiger partial charge in [-0.1, -0.05) is 0 Å². The normalized spacial score (nSPS) is 58.3. The SMILES string of the molecule is CC(=O)NC1(O)O[C@H](CO)[C@]2(O)OP3(=O)O[C@]2(O)[C@@]1(O)O3. The third-order valence-corrected chi connectivity index (χ3v) is 4.88. The molecule has 3 fully saturated rings. The van der Waals surface area contributed by atoms with E-state index in [1.165, 1.54) is 0 Å². The van der Waals surface area contributed by atoms with Gasteiger partial charge in [-0.25, -0.2) is 18.1 Å². The molecule has 0 spiro atoms. The highest BCUT2D eigenvalue weighted by Crippen LogP contribution is 2.77. The van der Waals surface area contributed by atoms with E-state index in [0.29, 0.717) is 0 Å². The van der Waals surface area contributed by atoms with Gasteiger partial charge in [-0.05, 0) is 0 Å². The number of hydrogen-bond acceptors (Lipinski definition) is 11. The number of rotatable bonds is 2. The molecule has 6 atom stereocenters. The van der Waals surface area contributed by atoms with Gasteiger partial charge in [0, 0.05) is 6.92 Å². The summed E-state index contributed by atoms with van der Waals surface area (Å²) in [5, 5.41) is 52.0. The van der Waals surface area contributed by atoms with Crippen LogP contribution in [-0.2, 0) is 27.7 Å². The fourth-order valence-corrected chi connectivity index (χ4v) is 4.33. The number of hydrogen-bond donors (Lipinski definition) is 6. The summed E-state index contributed by atoms with van der Waals surface area (Å²) < 4.78 is 30.2. The van der Waals surface area contributed by atoms with E-state index in [1.54, 1.807) is 5.32 Å². The van der Waals surface area contributed by atoms with Crippen molar-refractivity contribution in [2.75, 3.05) is 6.61 Å². The fourth-order valence-electron chi connectivity index (χ4n) is 2.49. The van der Waals surface area contributed by atoms with E-state index in [1.807, 2.05) is 0 Å². The summed E-state index contributed by atoms with van der Waals surface area (Å²) in [6.45, 7) is -0.129. The minimum absolute atomic E-state index is 0.927. The number of phosphoric acid groups is 1. The summed E-state index contributed by atoms with van der Waals surface area (Å²) in [6.07, 6.45) is -1.93. The van der Waals surface area contributed by atoms with Crippen molar-refractivity contribution in [2.24, 2.45) is 0 Å². The molecule has 6 N–H and O–H groups in total. The van der Waals surface area contributed by atoms with Crippen molar-refractivity contribution < 1.29 is 53.2 Å². The number of ether oxygens (including phenoxy) is 1. The maximum atomic E-state index is 12.0. The number of carbonyl (C=O) groups is 1. The highest BCUT2D eigenvalue weighted by atomic mass is 31.2. The molecule has 0 aromatic rings. The van der Waals surface area contributed by atoms with Gasteiger partial charge in [-0.3, -0.25) is 4.79 Å². The van der Waals surface area contributed by atoms with Crippen molar-refractivity contribution in [1.82, 2.24) is 5.32 Å². The Balaban J connectivity index is 2.18. The van der Waals surface area contributed by atoms with Gasteiger partial charge in [-0.2, -0.15) is 0 Å². The average Bonchev–Trinajstić information content (AvgIpc) is 2.65. The van der Waals surface area contributed by atoms with E-state index in [9.17, 15) is 34.9 Å². The Kier molecular flexibility index (Phi) is 2.76. The molecule has 3 rings (SSSR count).